The fourth-order valence-corrected chi connectivity index (χ4v) is 4.58. The number of para-hydroxylation sites is 1. The average molecular weight is 528 g/mol. The predicted octanol–water partition coefficient (Wildman–Crippen LogP) is 7.15. The number of hydrogen-bond donors (Lipinski definition) is 1. The highest BCUT2D eigenvalue weighted by Gasteiger charge is 2.33. The fraction of sp³-hybridized carbons (Fsp3) is 0.174. The number of aromatic amines is 1. The average Bonchev–Trinajstić information content (AvgIpc) is 3.17. The molecule has 0 aliphatic carbocycles. The van der Waals surface area contributed by atoms with Crippen LogP contribution in [0.3, 0.4) is 0 Å². The molecule has 0 amide bonds. The zero-order valence-electron chi connectivity index (χ0n) is 17.9. The molecule has 0 radical (unpaired) electrons. The molecule has 1 heterocycles. The van der Waals surface area contributed by atoms with Crippen LogP contribution in [0.2, 0.25) is 21.9 Å². The third kappa shape index (κ3) is 5.15. The van der Waals surface area contributed by atoms with E-state index >= 15 is 0 Å². The van der Waals surface area contributed by atoms with Gasteiger partial charge in [-0.05, 0) is 29.2 Å². The zero-order valence-corrected chi connectivity index (χ0v) is 20.2. The summed E-state index contributed by atoms with van der Waals surface area (Å²) in [6, 6.07) is 12.9. The molecule has 0 unspecified atom stereocenters. The first kappa shape index (κ1) is 24.7. The first-order valence-corrected chi connectivity index (χ1v) is 11.2. The zero-order chi connectivity index (χ0) is 24.6. The topological polar surface area (TPSA) is 47.1 Å². The number of aromatic nitrogens is 2. The number of imidazole rings is 1. The summed E-state index contributed by atoms with van der Waals surface area (Å²) in [5.74, 6) is 0.158. The Labute approximate surface area is 209 Å². The van der Waals surface area contributed by atoms with Crippen LogP contribution in [0.25, 0.3) is 22.2 Å². The van der Waals surface area contributed by atoms with Crippen LogP contribution in [0.15, 0.2) is 48.5 Å². The summed E-state index contributed by atoms with van der Waals surface area (Å²) in [5.41, 5.74) is 3.00. The Hall–Kier alpha value is -2.39. The number of alkyl halides is 3. The SMILES string of the molecule is COB(C)c1ccc(Cc2nc3c(Cl)c(-c4ccccc4OC(F)(F)F)c(Cl)cc3[nH]2)c(Cl)c1. The number of H-pyrrole nitrogens is 1. The van der Waals surface area contributed by atoms with Gasteiger partial charge < -0.3 is 14.4 Å². The number of halogens is 6. The van der Waals surface area contributed by atoms with E-state index < -0.39 is 12.1 Å². The Kier molecular flexibility index (Phi) is 7.05. The van der Waals surface area contributed by atoms with Gasteiger partial charge in [-0.3, -0.25) is 0 Å². The Bertz CT molecular complexity index is 1360. The van der Waals surface area contributed by atoms with Crippen molar-refractivity contribution in [3.8, 4) is 16.9 Å². The van der Waals surface area contributed by atoms with Gasteiger partial charge in [0.2, 0.25) is 0 Å². The second-order valence-corrected chi connectivity index (χ2v) is 8.77. The first-order chi connectivity index (χ1) is 16.1. The molecule has 0 spiro atoms. The second-order valence-electron chi connectivity index (χ2n) is 7.58. The number of hydrogen-bond acceptors (Lipinski definition) is 3. The molecule has 0 saturated heterocycles. The van der Waals surface area contributed by atoms with Crippen molar-refractivity contribution in [1.29, 1.82) is 0 Å². The minimum Gasteiger partial charge on any atom is -0.434 e. The Morgan fingerprint density at radius 3 is 2.44 bits per heavy atom. The number of benzene rings is 3. The van der Waals surface area contributed by atoms with Crippen molar-refractivity contribution < 1.29 is 22.6 Å². The van der Waals surface area contributed by atoms with Crippen LogP contribution >= 0.6 is 34.8 Å². The van der Waals surface area contributed by atoms with Gasteiger partial charge in [0.25, 0.3) is 0 Å². The molecule has 34 heavy (non-hydrogen) atoms. The summed E-state index contributed by atoms with van der Waals surface area (Å²) in [5, 5.41) is 0.824. The van der Waals surface area contributed by atoms with Crippen LogP contribution in [0.1, 0.15) is 11.4 Å². The van der Waals surface area contributed by atoms with Crippen LogP contribution in [0, 0.1) is 0 Å². The highest BCUT2D eigenvalue weighted by Crippen LogP contribution is 2.44. The third-order valence-corrected chi connectivity index (χ3v) is 6.38. The van der Waals surface area contributed by atoms with Crippen LogP contribution in [-0.2, 0) is 11.1 Å². The predicted molar refractivity (Wildman–Crippen MR) is 131 cm³/mol. The van der Waals surface area contributed by atoms with Crippen LogP contribution in [-0.4, -0.2) is 30.4 Å². The minimum atomic E-state index is -4.87. The van der Waals surface area contributed by atoms with Gasteiger partial charge in [-0.15, -0.1) is 13.2 Å². The lowest BCUT2D eigenvalue weighted by atomic mass is 9.64. The lowest BCUT2D eigenvalue weighted by Crippen LogP contribution is -2.28. The van der Waals surface area contributed by atoms with E-state index in [9.17, 15) is 13.2 Å². The van der Waals surface area contributed by atoms with Crippen LogP contribution in [0.5, 0.6) is 5.75 Å². The molecule has 0 atom stereocenters. The summed E-state index contributed by atoms with van der Waals surface area (Å²) in [6.45, 7) is 1.83. The molecular weight excluding hydrogens is 510 g/mol. The summed E-state index contributed by atoms with van der Waals surface area (Å²) in [4.78, 5) is 7.72. The minimum absolute atomic E-state index is 0.0960. The van der Waals surface area contributed by atoms with Crippen molar-refractivity contribution in [1.82, 2.24) is 9.97 Å². The Morgan fingerprint density at radius 2 is 1.76 bits per heavy atom. The Balaban J connectivity index is 1.73. The van der Waals surface area contributed by atoms with Crippen molar-refractivity contribution in [2.45, 2.75) is 19.6 Å². The number of ether oxygens (including phenoxy) is 1. The van der Waals surface area contributed by atoms with E-state index in [1.807, 2.05) is 25.0 Å². The molecule has 0 bridgehead atoms. The monoisotopic (exact) mass is 526 g/mol. The molecule has 4 rings (SSSR count). The maximum Gasteiger partial charge on any atom is 0.573 e. The molecule has 176 valence electrons. The number of fused-ring (bicyclic) bond motifs is 1. The maximum atomic E-state index is 12.9. The number of nitrogens with zero attached hydrogens (tertiary/aromatic N) is 1. The lowest BCUT2D eigenvalue weighted by Gasteiger charge is -2.15. The summed E-state index contributed by atoms with van der Waals surface area (Å²) in [6.07, 6.45) is -4.49. The Morgan fingerprint density at radius 1 is 1.03 bits per heavy atom. The van der Waals surface area contributed by atoms with Gasteiger partial charge in [-0.25, -0.2) is 4.98 Å². The van der Waals surface area contributed by atoms with E-state index in [0.29, 0.717) is 28.3 Å². The van der Waals surface area contributed by atoms with Crippen LogP contribution < -0.4 is 10.2 Å². The first-order valence-electron chi connectivity index (χ1n) is 10.1. The van der Waals surface area contributed by atoms with Crippen molar-refractivity contribution in [2.75, 3.05) is 7.11 Å². The maximum absolute atomic E-state index is 12.9. The van der Waals surface area contributed by atoms with Crippen molar-refractivity contribution in [3.05, 3.63) is 75.0 Å². The van der Waals surface area contributed by atoms with E-state index in [0.717, 1.165) is 11.0 Å². The highest BCUT2D eigenvalue weighted by atomic mass is 35.5. The molecule has 1 aromatic heterocycles. The van der Waals surface area contributed by atoms with Crippen molar-refractivity contribution in [2.24, 2.45) is 0 Å². The van der Waals surface area contributed by atoms with Gasteiger partial charge in [0, 0.05) is 29.7 Å². The third-order valence-electron chi connectivity index (χ3n) is 5.36. The largest absolute Gasteiger partial charge is 0.573 e. The normalized spacial score (nSPS) is 11.8. The van der Waals surface area contributed by atoms with Gasteiger partial charge in [0.1, 0.15) is 17.1 Å². The highest BCUT2D eigenvalue weighted by molar-refractivity contribution is 6.66. The number of nitrogens with one attached hydrogen (secondary N) is 1. The van der Waals surface area contributed by atoms with Gasteiger partial charge in [0.05, 0.1) is 15.6 Å². The van der Waals surface area contributed by atoms with Crippen molar-refractivity contribution >= 4 is 58.2 Å². The smallest absolute Gasteiger partial charge is 0.434 e. The molecule has 0 fully saturated rings. The lowest BCUT2D eigenvalue weighted by molar-refractivity contribution is -0.274. The standard InChI is InChI=1S/C23H17BCl3F3N2O2/c1-24(33-2)13-8-7-12(15(25)10-13)9-19-31-17-11-16(26)20(21(27)22(17)32-19)14-5-3-4-6-18(14)34-23(28,29)30/h3-8,10-11H,9H2,1-2H3,(H,31,32). The fourth-order valence-electron chi connectivity index (χ4n) is 3.63. The molecule has 4 aromatic rings. The summed E-state index contributed by atoms with van der Waals surface area (Å²) < 4.78 is 48.2. The quantitative estimate of drug-likeness (QED) is 0.271. The summed E-state index contributed by atoms with van der Waals surface area (Å²) in [7, 11) is 1.62. The van der Waals surface area contributed by atoms with Gasteiger partial charge in [-0.1, -0.05) is 72.0 Å². The van der Waals surface area contributed by atoms with E-state index in [-0.39, 0.29) is 28.1 Å². The molecular formula is C23H17BCl3F3N2O2. The van der Waals surface area contributed by atoms with E-state index in [1.165, 1.54) is 18.2 Å². The number of rotatable bonds is 6. The molecule has 0 aliphatic heterocycles. The van der Waals surface area contributed by atoms with Gasteiger partial charge in [0.15, 0.2) is 0 Å². The van der Waals surface area contributed by atoms with Crippen LogP contribution in [0.4, 0.5) is 13.2 Å². The van der Waals surface area contributed by atoms with E-state index in [4.69, 9.17) is 39.5 Å². The molecule has 3 aromatic carbocycles. The molecule has 0 saturated carbocycles. The van der Waals surface area contributed by atoms with Gasteiger partial charge >= 0.3 is 13.3 Å². The van der Waals surface area contributed by atoms with Gasteiger partial charge in [-0.2, -0.15) is 0 Å². The molecule has 4 nitrogen and oxygen atoms in total. The summed E-state index contributed by atoms with van der Waals surface area (Å²) >= 11 is 19.5. The molecule has 0 aliphatic rings. The molecule has 1 N–H and O–H groups in total. The van der Waals surface area contributed by atoms with E-state index in [2.05, 4.69) is 14.7 Å². The van der Waals surface area contributed by atoms with Crippen molar-refractivity contribution in [3.63, 3.8) is 0 Å². The second kappa shape index (κ2) is 9.70. The molecule has 11 heteroatoms. The van der Waals surface area contributed by atoms with E-state index in [1.54, 1.807) is 19.2 Å².